The molecule has 1 aliphatic carbocycles. The lowest BCUT2D eigenvalue weighted by molar-refractivity contribution is -0.159. The molecule has 1 spiro atoms. The van der Waals surface area contributed by atoms with Crippen LogP contribution in [0.4, 0.5) is 4.79 Å². The normalized spacial score (nSPS) is 21.8. The molecule has 0 bridgehead atoms. The van der Waals surface area contributed by atoms with E-state index in [-0.39, 0.29) is 24.1 Å². The van der Waals surface area contributed by atoms with Gasteiger partial charge in [0.2, 0.25) is 0 Å². The average Bonchev–Trinajstić information content (AvgIpc) is 3.41. The number of esters is 1. The molecule has 2 aromatic carbocycles. The third-order valence-electron chi connectivity index (χ3n) is 6.65. The first-order chi connectivity index (χ1) is 15.2. The van der Waals surface area contributed by atoms with Gasteiger partial charge in [0.1, 0.15) is 12.2 Å². The molecule has 1 amide bonds. The highest BCUT2D eigenvalue weighted by Gasteiger charge is 2.73. The molecule has 2 fully saturated rings. The van der Waals surface area contributed by atoms with Crippen LogP contribution in [0.2, 0.25) is 0 Å². The van der Waals surface area contributed by atoms with Crippen LogP contribution in [0.5, 0.6) is 0 Å². The molecule has 1 aliphatic heterocycles. The van der Waals surface area contributed by atoms with Crippen molar-refractivity contribution in [1.82, 2.24) is 4.90 Å². The highest BCUT2D eigenvalue weighted by Crippen LogP contribution is 2.70. The summed E-state index contributed by atoms with van der Waals surface area (Å²) in [7, 11) is 0. The van der Waals surface area contributed by atoms with Crippen molar-refractivity contribution >= 4 is 28.0 Å². The van der Waals surface area contributed by atoms with Crippen LogP contribution >= 0.6 is 15.9 Å². The number of carbonyl (C=O) groups is 2. The minimum Gasteiger partial charge on any atom is -0.459 e. The van der Waals surface area contributed by atoms with Crippen LogP contribution in [0.15, 0.2) is 59.1 Å². The van der Waals surface area contributed by atoms with Crippen LogP contribution in [-0.4, -0.2) is 35.7 Å². The van der Waals surface area contributed by atoms with Gasteiger partial charge in [0.05, 0.1) is 5.41 Å². The number of benzene rings is 2. The predicted molar refractivity (Wildman–Crippen MR) is 126 cm³/mol. The van der Waals surface area contributed by atoms with Crippen molar-refractivity contribution in [2.24, 2.45) is 5.41 Å². The lowest BCUT2D eigenvalue weighted by Crippen LogP contribution is -2.43. The Bertz CT molecular complexity index is 975. The number of hydrogen-bond donors (Lipinski definition) is 0. The van der Waals surface area contributed by atoms with E-state index >= 15 is 0 Å². The molecule has 1 heterocycles. The van der Waals surface area contributed by atoms with Crippen LogP contribution in [0.25, 0.3) is 0 Å². The molecule has 0 N–H and O–H groups in total. The lowest BCUT2D eigenvalue weighted by atomic mass is 9.80. The lowest BCUT2D eigenvalue weighted by Gasteiger charge is -2.35. The van der Waals surface area contributed by atoms with E-state index in [9.17, 15) is 9.59 Å². The highest BCUT2D eigenvalue weighted by atomic mass is 79.9. The van der Waals surface area contributed by atoms with E-state index in [4.69, 9.17) is 9.47 Å². The maximum Gasteiger partial charge on any atom is 0.410 e. The molecule has 4 rings (SSSR count). The minimum atomic E-state index is -0.652. The zero-order valence-electron chi connectivity index (χ0n) is 18.9. The standard InChI is InChI=1S/C26H30BrNO4/c1-24(2,3)32-22(29)26(20-9-11-21(27)12-10-20)18-25(26)13-15-28(16-14-25)23(30)31-17-19-7-5-4-6-8-19/h4-12H,13-18H2,1-3H3. The second-order valence-corrected chi connectivity index (χ2v) is 10.8. The van der Waals surface area contributed by atoms with Crippen molar-refractivity contribution < 1.29 is 19.1 Å². The number of piperidine rings is 1. The van der Waals surface area contributed by atoms with Crippen LogP contribution in [0.3, 0.4) is 0 Å². The van der Waals surface area contributed by atoms with Crippen molar-refractivity contribution in [3.8, 4) is 0 Å². The van der Waals surface area contributed by atoms with Crippen molar-refractivity contribution in [1.29, 1.82) is 0 Å². The SMILES string of the molecule is CC(C)(C)OC(=O)C1(c2ccc(Br)cc2)CC12CCN(C(=O)OCc1ccccc1)CC2. The fourth-order valence-corrected chi connectivity index (χ4v) is 5.17. The summed E-state index contributed by atoms with van der Waals surface area (Å²) in [6.45, 7) is 7.13. The topological polar surface area (TPSA) is 55.8 Å². The van der Waals surface area contributed by atoms with Crippen LogP contribution in [0.1, 0.15) is 51.2 Å². The van der Waals surface area contributed by atoms with E-state index in [0.717, 1.165) is 34.9 Å². The van der Waals surface area contributed by atoms with Gasteiger partial charge in [0, 0.05) is 17.6 Å². The van der Waals surface area contributed by atoms with E-state index in [0.29, 0.717) is 13.1 Å². The molecule has 32 heavy (non-hydrogen) atoms. The smallest absolute Gasteiger partial charge is 0.410 e. The number of carbonyl (C=O) groups excluding carboxylic acids is 2. The van der Waals surface area contributed by atoms with E-state index in [1.807, 2.05) is 75.4 Å². The van der Waals surface area contributed by atoms with Crippen LogP contribution in [-0.2, 0) is 26.3 Å². The molecule has 1 saturated carbocycles. The van der Waals surface area contributed by atoms with Gasteiger partial charge in [-0.1, -0.05) is 58.4 Å². The highest BCUT2D eigenvalue weighted by molar-refractivity contribution is 9.10. The number of halogens is 1. The first kappa shape index (κ1) is 22.8. The Morgan fingerprint density at radius 1 is 1.00 bits per heavy atom. The van der Waals surface area contributed by atoms with Gasteiger partial charge in [-0.25, -0.2) is 4.79 Å². The van der Waals surface area contributed by atoms with E-state index < -0.39 is 11.0 Å². The van der Waals surface area contributed by atoms with Gasteiger partial charge in [-0.15, -0.1) is 0 Å². The summed E-state index contributed by atoms with van der Waals surface area (Å²) in [6.07, 6.45) is 1.96. The van der Waals surface area contributed by atoms with E-state index in [1.54, 1.807) is 4.90 Å². The summed E-state index contributed by atoms with van der Waals surface area (Å²) in [4.78, 5) is 27.8. The molecule has 1 atom stereocenters. The number of amides is 1. The Hall–Kier alpha value is -2.34. The molecule has 0 aromatic heterocycles. The second-order valence-electron chi connectivity index (χ2n) is 9.90. The maximum atomic E-state index is 13.4. The molecule has 5 nitrogen and oxygen atoms in total. The first-order valence-electron chi connectivity index (χ1n) is 11.1. The van der Waals surface area contributed by atoms with Gasteiger partial charge < -0.3 is 14.4 Å². The predicted octanol–water partition coefficient (Wildman–Crippen LogP) is 5.85. The molecule has 2 aliphatic rings. The van der Waals surface area contributed by atoms with Crippen molar-refractivity contribution in [2.45, 2.75) is 57.7 Å². The number of nitrogens with zero attached hydrogens (tertiary/aromatic N) is 1. The quantitative estimate of drug-likeness (QED) is 0.495. The van der Waals surface area contributed by atoms with Crippen LogP contribution in [0, 0.1) is 5.41 Å². The zero-order chi connectivity index (χ0) is 23.0. The van der Waals surface area contributed by atoms with Crippen LogP contribution < -0.4 is 0 Å². The molecule has 170 valence electrons. The molecule has 0 radical (unpaired) electrons. The van der Waals surface area contributed by atoms with Crippen molar-refractivity contribution in [3.05, 3.63) is 70.2 Å². The fraction of sp³-hybridized carbons (Fsp3) is 0.462. The molecular formula is C26H30BrNO4. The third-order valence-corrected chi connectivity index (χ3v) is 7.18. The number of ether oxygens (including phenoxy) is 2. The fourth-order valence-electron chi connectivity index (χ4n) is 4.91. The number of likely N-dealkylation sites (tertiary alicyclic amines) is 1. The zero-order valence-corrected chi connectivity index (χ0v) is 20.5. The molecule has 1 unspecified atom stereocenters. The monoisotopic (exact) mass is 499 g/mol. The molecule has 2 aromatic rings. The van der Waals surface area contributed by atoms with E-state index in [2.05, 4.69) is 15.9 Å². The average molecular weight is 500 g/mol. The Labute approximate surface area is 198 Å². The van der Waals surface area contributed by atoms with Gasteiger partial charge >= 0.3 is 12.1 Å². The summed E-state index contributed by atoms with van der Waals surface area (Å²) < 4.78 is 12.4. The summed E-state index contributed by atoms with van der Waals surface area (Å²) in [5.74, 6) is -0.160. The Morgan fingerprint density at radius 3 is 2.22 bits per heavy atom. The molecular weight excluding hydrogens is 470 g/mol. The molecule has 6 heteroatoms. The number of rotatable bonds is 4. The maximum absolute atomic E-state index is 13.4. The summed E-state index contributed by atoms with van der Waals surface area (Å²) in [6, 6.07) is 17.7. The Balaban J connectivity index is 1.46. The summed E-state index contributed by atoms with van der Waals surface area (Å²) in [5.41, 5.74) is 0.580. The van der Waals surface area contributed by atoms with Gasteiger partial charge in [0.15, 0.2) is 0 Å². The Kier molecular flexibility index (Phi) is 6.10. The first-order valence-corrected chi connectivity index (χ1v) is 11.9. The van der Waals surface area contributed by atoms with Gasteiger partial charge in [-0.2, -0.15) is 0 Å². The van der Waals surface area contributed by atoms with Gasteiger partial charge in [-0.05, 0) is 68.7 Å². The summed E-state index contributed by atoms with van der Waals surface area (Å²) >= 11 is 3.49. The van der Waals surface area contributed by atoms with Gasteiger partial charge in [0.25, 0.3) is 0 Å². The number of hydrogen-bond acceptors (Lipinski definition) is 4. The van der Waals surface area contributed by atoms with Crippen molar-refractivity contribution in [3.63, 3.8) is 0 Å². The summed E-state index contributed by atoms with van der Waals surface area (Å²) in [5, 5.41) is 0. The molecule has 1 saturated heterocycles. The third kappa shape index (κ3) is 4.42. The van der Waals surface area contributed by atoms with E-state index in [1.165, 1.54) is 0 Å². The largest absolute Gasteiger partial charge is 0.459 e. The Morgan fingerprint density at radius 2 is 1.62 bits per heavy atom. The van der Waals surface area contributed by atoms with Gasteiger partial charge in [-0.3, -0.25) is 4.79 Å². The second kappa shape index (κ2) is 8.54. The van der Waals surface area contributed by atoms with Crippen molar-refractivity contribution in [2.75, 3.05) is 13.1 Å². The minimum absolute atomic E-state index is 0.160.